The van der Waals surface area contributed by atoms with E-state index in [-0.39, 0.29) is 49.9 Å². The van der Waals surface area contributed by atoms with Crippen LogP contribution in [0.2, 0.25) is 5.02 Å². The summed E-state index contributed by atoms with van der Waals surface area (Å²) in [5.41, 5.74) is 2.83. The van der Waals surface area contributed by atoms with Crippen LogP contribution in [-0.2, 0) is 52.8 Å². The fourth-order valence-electron chi connectivity index (χ4n) is 10.8. The van der Waals surface area contributed by atoms with Gasteiger partial charge in [0.15, 0.2) is 0 Å². The zero-order valence-corrected chi connectivity index (χ0v) is 52.6. The van der Waals surface area contributed by atoms with Crippen LogP contribution in [0.4, 0.5) is 11.4 Å². The molecule has 0 aliphatic carbocycles. The number of fused-ring (bicyclic) bond motifs is 1. The lowest BCUT2D eigenvalue weighted by molar-refractivity contribution is -0.136. The standard InChI is InChI=1S/C66H90ClN11O9/c1-10-41(7)56-66(87)75-54(37-45-24-16-13-17-25-45)64(85)76-55(40(5)6)65(86)74-52(35-39(3)4)63(84)73-53(36-44-22-14-12-15-23-44)62(83)71-43(9)60(81)72-50(61(82)77-56)26-18-19-31-69-57-48(58(79)59(57)80)30-34-78(11-2)33-20-21-42(8)70-49-29-32-68-51-38-46(67)27-28-47(49)51/h12-17,22-25,27-29,32,38-43,50,52-56,69H,10-11,18-21,26,30-31,33-37H2,1-9H3,(H,68,70)(H,71,83)(H,72,81)(H,73,84)(H,74,86)(H,75,87)(H,76,85)(H,77,82)/t41-,42?,43-,50-,52-,53+,54+,55-,56-/m1/s1. The Morgan fingerprint density at radius 2 is 1.17 bits per heavy atom. The first kappa shape index (κ1) is 68.4. The molecular weight excluding hydrogens is 1130 g/mol. The zero-order chi connectivity index (χ0) is 63.3. The van der Waals surface area contributed by atoms with Gasteiger partial charge in [0.2, 0.25) is 52.2 Å². The van der Waals surface area contributed by atoms with Crippen LogP contribution < -0.4 is 58.7 Å². The summed E-state index contributed by atoms with van der Waals surface area (Å²) >= 11 is 6.20. The minimum atomic E-state index is -1.25. The molecule has 0 radical (unpaired) electrons. The smallest absolute Gasteiger partial charge is 0.249 e. The fraction of sp³-hybridized carbons (Fsp3) is 0.515. The van der Waals surface area contributed by atoms with E-state index in [2.05, 4.69) is 71.6 Å². The van der Waals surface area contributed by atoms with Gasteiger partial charge < -0.3 is 52.8 Å². The SMILES string of the molecule is CC[C@@H](C)[C@H]1NC(=O)[C@@H](CCCCNc2c(CCN(CC)CCCC(C)Nc3ccnc4cc(Cl)ccc34)c(=O)c2=O)NC(=O)[C@@H](C)NC(=O)[C@H](Cc2ccccc2)NC(=O)[C@@H](CC(C)C)NC(=O)[C@@H](C(C)C)NC(=O)[C@H](Cc2ccccc2)NC1=O. The number of unbranched alkanes of at least 4 members (excludes halogenated alkanes) is 1. The van der Waals surface area contributed by atoms with Crippen molar-refractivity contribution in [2.75, 3.05) is 36.8 Å². The second kappa shape index (κ2) is 33.4. The Bertz CT molecular complexity index is 3190. The van der Waals surface area contributed by atoms with E-state index in [1.807, 2.05) is 57.2 Å². The minimum Gasteiger partial charge on any atom is -0.382 e. The van der Waals surface area contributed by atoms with Crippen molar-refractivity contribution in [1.82, 2.24) is 47.1 Å². The summed E-state index contributed by atoms with van der Waals surface area (Å²) in [7, 11) is 0. The Kier molecular flexibility index (Phi) is 26.3. The number of carbonyl (C=O) groups is 7. The predicted molar refractivity (Wildman–Crippen MR) is 342 cm³/mol. The predicted octanol–water partition coefficient (Wildman–Crippen LogP) is 5.87. The van der Waals surface area contributed by atoms with Gasteiger partial charge in [-0.3, -0.25) is 48.1 Å². The van der Waals surface area contributed by atoms with Gasteiger partial charge in [-0.2, -0.15) is 0 Å². The second-order valence-corrected chi connectivity index (χ2v) is 24.3. The molecule has 2 heterocycles. The third kappa shape index (κ3) is 20.2. The van der Waals surface area contributed by atoms with Gasteiger partial charge in [0.05, 0.1) is 11.2 Å². The number of likely N-dealkylation sites (N-methyl/N-ethyl adjacent to an activating group) is 1. The molecule has 9 N–H and O–H groups in total. The van der Waals surface area contributed by atoms with E-state index >= 15 is 0 Å². The first-order valence-corrected chi connectivity index (χ1v) is 31.2. The summed E-state index contributed by atoms with van der Waals surface area (Å²) in [5.74, 6) is -5.84. The van der Waals surface area contributed by atoms with Crippen LogP contribution in [0.3, 0.4) is 0 Å². The summed E-state index contributed by atoms with van der Waals surface area (Å²) in [6.45, 7) is 18.9. The fourth-order valence-corrected chi connectivity index (χ4v) is 10.9. The zero-order valence-electron chi connectivity index (χ0n) is 51.9. The number of pyridine rings is 1. The molecule has 470 valence electrons. The average Bonchev–Trinajstić information content (AvgIpc) is 2.04. The first-order valence-electron chi connectivity index (χ1n) is 30.9. The summed E-state index contributed by atoms with van der Waals surface area (Å²) in [4.78, 5) is 134. The largest absolute Gasteiger partial charge is 0.382 e. The van der Waals surface area contributed by atoms with Crippen LogP contribution in [0.15, 0.2) is 101 Å². The van der Waals surface area contributed by atoms with Gasteiger partial charge in [0, 0.05) is 59.8 Å². The molecule has 7 amide bonds. The number of halogens is 1. The molecule has 1 aliphatic rings. The molecule has 1 aliphatic heterocycles. The Morgan fingerprint density at radius 3 is 1.79 bits per heavy atom. The number of hydrogen-bond donors (Lipinski definition) is 9. The molecule has 21 heteroatoms. The first-order chi connectivity index (χ1) is 41.6. The Balaban J connectivity index is 1.18. The topological polar surface area (TPSA) is 278 Å². The molecule has 1 fully saturated rings. The lowest BCUT2D eigenvalue weighted by Crippen LogP contribution is -2.61. The van der Waals surface area contributed by atoms with E-state index < -0.39 is 106 Å². The van der Waals surface area contributed by atoms with Gasteiger partial charge in [0.1, 0.15) is 42.3 Å². The van der Waals surface area contributed by atoms with Gasteiger partial charge in [-0.1, -0.05) is 127 Å². The molecule has 1 aromatic heterocycles. The molecule has 1 saturated heterocycles. The summed E-state index contributed by atoms with van der Waals surface area (Å²) in [6, 6.07) is 17.3. The quantitative estimate of drug-likeness (QED) is 0.0245. The highest BCUT2D eigenvalue weighted by atomic mass is 35.5. The number of hydrogen-bond acceptors (Lipinski definition) is 13. The number of rotatable bonds is 25. The van der Waals surface area contributed by atoms with Crippen LogP contribution in [0, 0.1) is 17.8 Å². The van der Waals surface area contributed by atoms with Gasteiger partial charge >= 0.3 is 0 Å². The highest BCUT2D eigenvalue weighted by molar-refractivity contribution is 6.31. The van der Waals surface area contributed by atoms with Crippen molar-refractivity contribution >= 4 is 75.2 Å². The molecule has 1 unspecified atom stereocenters. The molecule has 20 nitrogen and oxygen atoms in total. The minimum absolute atomic E-state index is 0.0236. The van der Waals surface area contributed by atoms with Crippen LogP contribution in [-0.4, -0.2) is 126 Å². The molecule has 6 rings (SSSR count). The number of benzene rings is 3. The van der Waals surface area contributed by atoms with Crippen molar-refractivity contribution in [2.45, 2.75) is 175 Å². The maximum absolute atomic E-state index is 14.7. The van der Waals surface area contributed by atoms with E-state index in [0.29, 0.717) is 53.9 Å². The maximum Gasteiger partial charge on any atom is 0.249 e. The van der Waals surface area contributed by atoms with Crippen molar-refractivity contribution in [3.63, 3.8) is 0 Å². The van der Waals surface area contributed by atoms with E-state index in [9.17, 15) is 43.2 Å². The Morgan fingerprint density at radius 1 is 0.598 bits per heavy atom. The van der Waals surface area contributed by atoms with Crippen LogP contribution >= 0.6 is 11.6 Å². The molecule has 0 spiro atoms. The summed E-state index contributed by atoms with van der Waals surface area (Å²) < 4.78 is 0. The van der Waals surface area contributed by atoms with Crippen LogP contribution in [0.25, 0.3) is 10.9 Å². The molecule has 9 atom stereocenters. The number of nitrogens with zero attached hydrogens (tertiary/aromatic N) is 2. The van der Waals surface area contributed by atoms with E-state index in [0.717, 1.165) is 42.5 Å². The molecule has 4 aromatic carbocycles. The Hall–Kier alpha value is -7.71. The number of aromatic nitrogens is 1. The number of nitrogens with one attached hydrogen (secondary N) is 9. The number of carbonyl (C=O) groups excluding carboxylic acids is 7. The summed E-state index contributed by atoms with van der Waals surface area (Å²) in [6.07, 6.45) is 5.38. The normalized spacial score (nSPS) is 21.3. The highest BCUT2D eigenvalue weighted by Crippen LogP contribution is 2.26. The van der Waals surface area contributed by atoms with E-state index in [4.69, 9.17) is 11.6 Å². The van der Waals surface area contributed by atoms with Crippen molar-refractivity contribution in [3.05, 3.63) is 133 Å². The molecular formula is C66H90ClN11O9. The van der Waals surface area contributed by atoms with Gasteiger partial charge in [-0.15, -0.1) is 0 Å². The van der Waals surface area contributed by atoms with Crippen LogP contribution in [0.1, 0.15) is 124 Å². The lowest BCUT2D eigenvalue weighted by Gasteiger charge is -2.30. The van der Waals surface area contributed by atoms with Gasteiger partial charge in [-0.05, 0) is 125 Å². The maximum atomic E-state index is 14.7. The molecule has 87 heavy (non-hydrogen) atoms. The van der Waals surface area contributed by atoms with Crippen molar-refractivity contribution in [1.29, 1.82) is 0 Å². The van der Waals surface area contributed by atoms with Crippen molar-refractivity contribution in [2.24, 2.45) is 17.8 Å². The molecule has 5 aromatic rings. The lowest BCUT2D eigenvalue weighted by atomic mass is 9.96. The van der Waals surface area contributed by atoms with E-state index in [1.54, 1.807) is 75.5 Å². The molecule has 0 saturated carbocycles. The monoisotopic (exact) mass is 1220 g/mol. The average molecular weight is 1220 g/mol. The number of anilines is 2. The van der Waals surface area contributed by atoms with E-state index in [1.165, 1.54) is 6.92 Å². The number of amides is 7. The third-order valence-corrected chi connectivity index (χ3v) is 16.4. The summed E-state index contributed by atoms with van der Waals surface area (Å²) in [5, 5.41) is 28.2. The van der Waals surface area contributed by atoms with Crippen molar-refractivity contribution in [3.8, 4) is 0 Å². The highest BCUT2D eigenvalue weighted by Gasteiger charge is 2.37. The Labute approximate surface area is 516 Å². The second-order valence-electron chi connectivity index (χ2n) is 23.9. The third-order valence-electron chi connectivity index (χ3n) is 16.2. The van der Waals surface area contributed by atoms with Gasteiger partial charge in [0.25, 0.3) is 0 Å². The molecule has 0 bridgehead atoms. The van der Waals surface area contributed by atoms with Crippen LogP contribution in [0.5, 0.6) is 0 Å². The van der Waals surface area contributed by atoms with Gasteiger partial charge in [-0.25, -0.2) is 0 Å². The van der Waals surface area contributed by atoms with Crippen molar-refractivity contribution < 1.29 is 33.6 Å².